The van der Waals surface area contributed by atoms with Crippen molar-refractivity contribution in [1.29, 1.82) is 0 Å². The first-order valence-corrected chi connectivity index (χ1v) is 13.7. The molecule has 0 saturated carbocycles. The van der Waals surface area contributed by atoms with Gasteiger partial charge in [-0.2, -0.15) is 5.10 Å². The van der Waals surface area contributed by atoms with E-state index in [1.165, 1.54) is 0 Å². The maximum atomic E-state index is 12.7. The second-order valence-electron chi connectivity index (χ2n) is 9.64. The fourth-order valence-electron chi connectivity index (χ4n) is 3.86. The molecule has 0 unspecified atom stereocenters. The third-order valence-corrected chi connectivity index (χ3v) is 7.70. The van der Waals surface area contributed by atoms with Gasteiger partial charge in [-0.05, 0) is 69.4 Å². The number of hydrogen-bond acceptors (Lipinski definition) is 5. The smallest absolute Gasteiger partial charge is 0.240 e. The fourth-order valence-corrected chi connectivity index (χ4v) is 5.14. The second kappa shape index (κ2) is 10.8. The average molecular weight is 539 g/mol. The Bertz CT molecular complexity index is 1490. The van der Waals surface area contributed by atoms with Gasteiger partial charge in [0.25, 0.3) is 0 Å². The number of para-hydroxylation sites is 1. The Morgan fingerprint density at radius 1 is 0.946 bits per heavy atom. The summed E-state index contributed by atoms with van der Waals surface area (Å²) in [6.07, 6.45) is 0. The minimum Gasteiger partial charge on any atom is -0.384 e. The van der Waals surface area contributed by atoms with Crippen LogP contribution in [0.2, 0.25) is 5.02 Å². The molecule has 1 aromatic heterocycles. The van der Waals surface area contributed by atoms with Crippen LogP contribution in [0.15, 0.2) is 83.8 Å². The van der Waals surface area contributed by atoms with E-state index >= 15 is 0 Å². The molecule has 4 aromatic rings. The van der Waals surface area contributed by atoms with Gasteiger partial charge in [0, 0.05) is 18.7 Å². The number of nitrogens with zero attached hydrogens (tertiary/aromatic N) is 3. The van der Waals surface area contributed by atoms with Crippen molar-refractivity contribution in [1.82, 2.24) is 19.4 Å². The molecular formula is C28H31ClN4O3S. The van der Waals surface area contributed by atoms with Crippen LogP contribution in [0.1, 0.15) is 19.5 Å². The van der Waals surface area contributed by atoms with E-state index in [4.69, 9.17) is 11.6 Å². The van der Waals surface area contributed by atoms with Crippen molar-refractivity contribution in [2.24, 2.45) is 0 Å². The van der Waals surface area contributed by atoms with Crippen LogP contribution in [0.4, 0.5) is 0 Å². The molecule has 3 aromatic carbocycles. The summed E-state index contributed by atoms with van der Waals surface area (Å²) >= 11 is 6.47. The highest BCUT2D eigenvalue weighted by molar-refractivity contribution is 7.89. The zero-order valence-electron chi connectivity index (χ0n) is 21.3. The molecule has 0 aliphatic carbocycles. The lowest BCUT2D eigenvalue weighted by atomic mass is 10.0. The molecule has 0 radical (unpaired) electrons. The molecule has 4 rings (SSSR count). The van der Waals surface area contributed by atoms with Gasteiger partial charge in [0.1, 0.15) is 5.60 Å². The van der Waals surface area contributed by atoms with Gasteiger partial charge in [-0.25, -0.2) is 17.8 Å². The first kappa shape index (κ1) is 27.0. The number of aliphatic hydroxyl groups is 1. The SMILES string of the molecule is CN(C)CCNS(=O)(=O)c1cccc(-c2ccc(-c3cc(C(C)(C)O)nn3-c3ccccc3Cl)cc2)c1. The number of nitrogens with one attached hydrogen (secondary N) is 1. The van der Waals surface area contributed by atoms with Gasteiger partial charge in [0.05, 0.1) is 27.0 Å². The van der Waals surface area contributed by atoms with Crippen LogP contribution in [0.3, 0.4) is 0 Å². The topological polar surface area (TPSA) is 87.5 Å². The summed E-state index contributed by atoms with van der Waals surface area (Å²) in [5, 5.41) is 15.8. The fraction of sp³-hybridized carbons (Fsp3) is 0.250. The molecule has 37 heavy (non-hydrogen) atoms. The van der Waals surface area contributed by atoms with Gasteiger partial charge in [-0.15, -0.1) is 0 Å². The summed E-state index contributed by atoms with van der Waals surface area (Å²) in [7, 11) is 0.175. The van der Waals surface area contributed by atoms with E-state index in [2.05, 4.69) is 9.82 Å². The van der Waals surface area contributed by atoms with Crippen molar-refractivity contribution in [2.45, 2.75) is 24.3 Å². The molecule has 9 heteroatoms. The third kappa shape index (κ3) is 6.29. The Morgan fingerprint density at radius 3 is 2.27 bits per heavy atom. The zero-order valence-corrected chi connectivity index (χ0v) is 22.9. The van der Waals surface area contributed by atoms with Crippen LogP contribution >= 0.6 is 11.6 Å². The predicted octanol–water partition coefficient (Wildman–Crippen LogP) is 4.93. The number of aromatic nitrogens is 2. The summed E-state index contributed by atoms with van der Waals surface area (Å²) in [5.41, 5.74) is 3.41. The van der Waals surface area contributed by atoms with Crippen LogP contribution in [0.25, 0.3) is 28.1 Å². The molecule has 0 atom stereocenters. The van der Waals surface area contributed by atoms with Gasteiger partial charge in [0.15, 0.2) is 0 Å². The molecule has 0 spiro atoms. The van der Waals surface area contributed by atoms with Crippen molar-refractivity contribution in [3.8, 4) is 28.1 Å². The summed E-state index contributed by atoms with van der Waals surface area (Å²) < 4.78 is 29.9. The predicted molar refractivity (Wildman–Crippen MR) is 148 cm³/mol. The maximum Gasteiger partial charge on any atom is 0.240 e. The minimum atomic E-state index is -3.61. The molecular weight excluding hydrogens is 508 g/mol. The van der Waals surface area contributed by atoms with E-state index in [9.17, 15) is 13.5 Å². The third-order valence-electron chi connectivity index (χ3n) is 5.93. The van der Waals surface area contributed by atoms with Crippen molar-refractivity contribution >= 4 is 21.6 Å². The van der Waals surface area contributed by atoms with Gasteiger partial charge >= 0.3 is 0 Å². The van der Waals surface area contributed by atoms with E-state index in [1.807, 2.05) is 73.6 Å². The summed E-state index contributed by atoms with van der Waals surface area (Å²) in [4.78, 5) is 2.14. The Kier molecular flexibility index (Phi) is 7.87. The van der Waals surface area contributed by atoms with Crippen LogP contribution in [0, 0.1) is 0 Å². The molecule has 7 nitrogen and oxygen atoms in total. The first-order valence-electron chi connectivity index (χ1n) is 11.9. The molecule has 0 aliphatic rings. The normalized spacial score (nSPS) is 12.3. The van der Waals surface area contributed by atoms with E-state index in [0.29, 0.717) is 29.5 Å². The van der Waals surface area contributed by atoms with E-state index in [-0.39, 0.29) is 4.90 Å². The Hall–Kier alpha value is -3.01. The number of benzene rings is 3. The number of hydrogen-bond donors (Lipinski definition) is 2. The summed E-state index contributed by atoms with van der Waals surface area (Å²) in [6, 6.07) is 23.9. The highest BCUT2D eigenvalue weighted by Gasteiger charge is 2.24. The molecule has 0 aliphatic heterocycles. The Balaban J connectivity index is 1.67. The lowest BCUT2D eigenvalue weighted by molar-refractivity contribution is 0.0734. The number of likely N-dealkylation sites (N-methyl/N-ethyl adjacent to an activating group) is 1. The minimum absolute atomic E-state index is 0.222. The van der Waals surface area contributed by atoms with Gasteiger partial charge in [-0.3, -0.25) is 0 Å². The summed E-state index contributed by atoms with van der Waals surface area (Å²) in [5.74, 6) is 0. The van der Waals surface area contributed by atoms with Crippen molar-refractivity contribution in [3.05, 3.63) is 89.6 Å². The van der Waals surface area contributed by atoms with Crippen LogP contribution in [-0.4, -0.2) is 55.4 Å². The largest absolute Gasteiger partial charge is 0.384 e. The maximum absolute atomic E-state index is 12.7. The van der Waals surface area contributed by atoms with E-state index in [0.717, 1.165) is 22.4 Å². The average Bonchev–Trinajstić information content (AvgIpc) is 3.30. The van der Waals surface area contributed by atoms with Crippen LogP contribution < -0.4 is 4.72 Å². The Labute approximate surface area is 223 Å². The van der Waals surface area contributed by atoms with Crippen LogP contribution in [0.5, 0.6) is 0 Å². The van der Waals surface area contributed by atoms with Gasteiger partial charge in [0.2, 0.25) is 10.0 Å². The quantitative estimate of drug-likeness (QED) is 0.315. The highest BCUT2D eigenvalue weighted by atomic mass is 35.5. The van der Waals surface area contributed by atoms with Gasteiger partial charge < -0.3 is 10.0 Å². The van der Waals surface area contributed by atoms with E-state index in [1.54, 1.807) is 42.8 Å². The molecule has 194 valence electrons. The van der Waals surface area contributed by atoms with Crippen molar-refractivity contribution < 1.29 is 13.5 Å². The first-order chi connectivity index (χ1) is 17.5. The molecule has 1 heterocycles. The summed E-state index contributed by atoms with van der Waals surface area (Å²) in [6.45, 7) is 4.32. The number of sulfonamides is 1. The molecule has 0 amide bonds. The molecule has 0 saturated heterocycles. The van der Waals surface area contributed by atoms with Crippen molar-refractivity contribution in [2.75, 3.05) is 27.2 Å². The van der Waals surface area contributed by atoms with Gasteiger partial charge in [-0.1, -0.05) is 60.1 Å². The number of rotatable bonds is 9. The lowest BCUT2D eigenvalue weighted by Crippen LogP contribution is -2.31. The standard InChI is InChI=1S/C28H31ClN4O3S/c1-28(2,34)27-19-26(33(31-27)25-11-6-5-10-24(25)29)21-14-12-20(13-15-21)22-8-7-9-23(18-22)37(35,36)30-16-17-32(3)4/h5-15,18-19,30,34H,16-17H2,1-4H3. The highest BCUT2D eigenvalue weighted by Crippen LogP contribution is 2.32. The lowest BCUT2D eigenvalue weighted by Gasteiger charge is -2.13. The Morgan fingerprint density at radius 2 is 1.62 bits per heavy atom. The zero-order chi connectivity index (χ0) is 26.8. The van der Waals surface area contributed by atoms with Crippen LogP contribution in [-0.2, 0) is 15.6 Å². The number of halogens is 1. The second-order valence-corrected chi connectivity index (χ2v) is 11.8. The van der Waals surface area contributed by atoms with E-state index < -0.39 is 15.6 Å². The monoisotopic (exact) mass is 538 g/mol. The molecule has 2 N–H and O–H groups in total. The molecule has 0 fully saturated rings. The van der Waals surface area contributed by atoms with Crippen molar-refractivity contribution in [3.63, 3.8) is 0 Å². The molecule has 0 bridgehead atoms.